The van der Waals surface area contributed by atoms with Crippen molar-refractivity contribution in [3.05, 3.63) is 64.1 Å². The predicted octanol–water partition coefficient (Wildman–Crippen LogP) is 2.60. The molecule has 0 radical (unpaired) electrons. The van der Waals surface area contributed by atoms with Gasteiger partial charge in [0.25, 0.3) is 11.8 Å². The lowest BCUT2D eigenvalue weighted by Crippen LogP contribution is -2.30. The Morgan fingerprint density at radius 3 is 2.50 bits per heavy atom. The number of ether oxygens (including phenoxy) is 1. The van der Waals surface area contributed by atoms with Crippen LogP contribution in [0.4, 0.5) is 5.69 Å². The second-order valence-electron chi connectivity index (χ2n) is 4.77. The molecule has 0 saturated heterocycles. The van der Waals surface area contributed by atoms with Crippen molar-refractivity contribution in [1.82, 2.24) is 5.32 Å². The molecule has 2 aromatic carbocycles. The number of hydrogen-bond donors (Lipinski definition) is 2. The number of carbonyl (C=O) groups excluding carboxylic acids is 3. The molecule has 0 heterocycles. The van der Waals surface area contributed by atoms with E-state index in [-0.39, 0.29) is 12.5 Å². The molecule has 24 heavy (non-hydrogen) atoms. The Kier molecular flexibility index (Phi) is 6.08. The Morgan fingerprint density at radius 2 is 1.79 bits per heavy atom. The molecule has 0 bridgehead atoms. The van der Waals surface area contributed by atoms with Gasteiger partial charge in [-0.25, -0.2) is 0 Å². The van der Waals surface area contributed by atoms with Gasteiger partial charge in [0, 0.05) is 15.7 Å². The Morgan fingerprint density at radius 1 is 1.04 bits per heavy atom. The second-order valence-corrected chi connectivity index (χ2v) is 5.63. The van der Waals surface area contributed by atoms with E-state index in [0.717, 1.165) is 0 Å². The minimum absolute atomic E-state index is 0.219. The first-order valence-electron chi connectivity index (χ1n) is 7.02. The molecule has 0 aliphatic heterocycles. The molecule has 7 heteroatoms. The summed E-state index contributed by atoms with van der Waals surface area (Å²) in [6.07, 6.45) is 0. The van der Waals surface area contributed by atoms with Crippen molar-refractivity contribution >= 4 is 39.4 Å². The molecule has 2 N–H and O–H groups in total. The minimum atomic E-state index is -0.540. The van der Waals surface area contributed by atoms with Gasteiger partial charge in [0.2, 0.25) is 0 Å². The number of carbonyl (C=O) groups is 3. The van der Waals surface area contributed by atoms with E-state index < -0.39 is 11.9 Å². The number of amides is 2. The number of halogens is 1. The zero-order valence-corrected chi connectivity index (χ0v) is 14.4. The zero-order chi connectivity index (χ0) is 17.5. The van der Waals surface area contributed by atoms with Gasteiger partial charge in [-0.2, -0.15) is 0 Å². The van der Waals surface area contributed by atoms with E-state index in [1.807, 2.05) is 6.07 Å². The third kappa shape index (κ3) is 4.66. The molecule has 0 atom stereocenters. The highest BCUT2D eigenvalue weighted by Crippen LogP contribution is 2.18. The highest BCUT2D eigenvalue weighted by Gasteiger charge is 2.12. The fourth-order valence-corrected chi connectivity index (χ4v) is 2.37. The fourth-order valence-electron chi connectivity index (χ4n) is 1.91. The minimum Gasteiger partial charge on any atom is -0.468 e. The number of rotatable bonds is 5. The molecule has 0 aliphatic rings. The molecule has 2 amide bonds. The van der Waals surface area contributed by atoms with Crippen LogP contribution in [0.25, 0.3) is 0 Å². The molecule has 124 valence electrons. The summed E-state index contributed by atoms with van der Waals surface area (Å²) in [7, 11) is 1.24. The lowest BCUT2D eigenvalue weighted by Gasteiger charge is -2.09. The van der Waals surface area contributed by atoms with Gasteiger partial charge < -0.3 is 15.4 Å². The Hall–Kier alpha value is -2.67. The third-order valence-corrected chi connectivity index (χ3v) is 3.81. The molecular weight excluding hydrogens is 376 g/mol. The molecule has 0 unspecified atom stereocenters. The lowest BCUT2D eigenvalue weighted by molar-refractivity contribution is -0.139. The van der Waals surface area contributed by atoms with Gasteiger partial charge in [0.15, 0.2) is 0 Å². The van der Waals surface area contributed by atoms with Crippen LogP contribution in [0.5, 0.6) is 0 Å². The number of esters is 1. The first-order valence-corrected chi connectivity index (χ1v) is 7.81. The van der Waals surface area contributed by atoms with Crippen molar-refractivity contribution in [2.45, 2.75) is 0 Å². The number of hydrogen-bond acceptors (Lipinski definition) is 4. The molecule has 6 nitrogen and oxygen atoms in total. The Labute approximate surface area is 147 Å². The van der Waals surface area contributed by atoms with E-state index in [0.29, 0.717) is 21.3 Å². The van der Waals surface area contributed by atoms with Gasteiger partial charge in [-0.3, -0.25) is 14.4 Å². The number of nitrogens with one attached hydrogen (secondary N) is 2. The first-order chi connectivity index (χ1) is 11.5. The van der Waals surface area contributed by atoms with E-state index in [4.69, 9.17) is 0 Å². The summed E-state index contributed by atoms with van der Waals surface area (Å²) in [4.78, 5) is 35.3. The van der Waals surface area contributed by atoms with Crippen molar-refractivity contribution in [2.75, 3.05) is 19.0 Å². The Balaban J connectivity index is 2.07. The van der Waals surface area contributed by atoms with E-state index >= 15 is 0 Å². The predicted molar refractivity (Wildman–Crippen MR) is 92.9 cm³/mol. The number of benzene rings is 2. The highest BCUT2D eigenvalue weighted by atomic mass is 79.9. The van der Waals surface area contributed by atoms with Crippen LogP contribution in [0.15, 0.2) is 53.0 Å². The van der Waals surface area contributed by atoms with E-state index in [1.54, 1.807) is 36.4 Å². The largest absolute Gasteiger partial charge is 0.468 e. The topological polar surface area (TPSA) is 84.5 Å². The highest BCUT2D eigenvalue weighted by molar-refractivity contribution is 9.10. The van der Waals surface area contributed by atoms with Crippen molar-refractivity contribution in [3.63, 3.8) is 0 Å². The SMILES string of the molecule is COC(=O)CNC(=O)c1cccc(NC(=O)c2ccccc2Br)c1. The standard InChI is InChI=1S/C17H15BrN2O4/c1-24-15(21)10-19-16(22)11-5-4-6-12(9-11)20-17(23)13-7-2-3-8-14(13)18/h2-9H,10H2,1H3,(H,19,22)(H,20,23). The quantitative estimate of drug-likeness (QED) is 0.768. The van der Waals surface area contributed by atoms with Crippen LogP contribution < -0.4 is 10.6 Å². The maximum Gasteiger partial charge on any atom is 0.325 e. The van der Waals surface area contributed by atoms with Crippen LogP contribution in [-0.4, -0.2) is 31.4 Å². The first kappa shape index (κ1) is 17.7. The number of anilines is 1. The van der Waals surface area contributed by atoms with Gasteiger partial charge in [-0.05, 0) is 46.3 Å². The van der Waals surface area contributed by atoms with Gasteiger partial charge in [0.1, 0.15) is 6.54 Å². The summed E-state index contributed by atoms with van der Waals surface area (Å²) < 4.78 is 5.13. The van der Waals surface area contributed by atoms with Crippen molar-refractivity contribution in [3.8, 4) is 0 Å². The molecule has 0 saturated carbocycles. The molecule has 0 fully saturated rings. The van der Waals surface area contributed by atoms with Crippen LogP contribution in [0.1, 0.15) is 20.7 Å². The van der Waals surface area contributed by atoms with Crippen molar-refractivity contribution in [2.24, 2.45) is 0 Å². The average Bonchev–Trinajstić information content (AvgIpc) is 2.59. The van der Waals surface area contributed by atoms with E-state index in [1.165, 1.54) is 13.2 Å². The van der Waals surface area contributed by atoms with Gasteiger partial charge in [-0.1, -0.05) is 18.2 Å². The van der Waals surface area contributed by atoms with Gasteiger partial charge in [-0.15, -0.1) is 0 Å². The molecule has 0 aliphatic carbocycles. The lowest BCUT2D eigenvalue weighted by atomic mass is 10.1. The summed E-state index contributed by atoms with van der Waals surface area (Å²) >= 11 is 3.32. The van der Waals surface area contributed by atoms with Crippen LogP contribution in [0.2, 0.25) is 0 Å². The zero-order valence-electron chi connectivity index (χ0n) is 12.8. The molecular formula is C17H15BrN2O4. The summed E-state index contributed by atoms with van der Waals surface area (Å²) in [6, 6.07) is 13.5. The maximum atomic E-state index is 12.3. The van der Waals surface area contributed by atoms with Crippen LogP contribution in [0, 0.1) is 0 Å². The Bertz CT molecular complexity index is 777. The monoisotopic (exact) mass is 390 g/mol. The normalized spacial score (nSPS) is 9.92. The molecule has 0 aromatic heterocycles. The summed E-state index contributed by atoms with van der Waals surface area (Å²) in [6.45, 7) is -0.219. The van der Waals surface area contributed by atoms with Crippen LogP contribution >= 0.6 is 15.9 Å². The van der Waals surface area contributed by atoms with Crippen molar-refractivity contribution < 1.29 is 19.1 Å². The number of methoxy groups -OCH3 is 1. The van der Waals surface area contributed by atoms with Crippen molar-refractivity contribution in [1.29, 1.82) is 0 Å². The maximum absolute atomic E-state index is 12.3. The van der Waals surface area contributed by atoms with E-state index in [2.05, 4.69) is 31.3 Å². The molecule has 2 rings (SSSR count). The van der Waals surface area contributed by atoms with Crippen LogP contribution in [-0.2, 0) is 9.53 Å². The van der Waals surface area contributed by atoms with Gasteiger partial charge in [0.05, 0.1) is 12.7 Å². The van der Waals surface area contributed by atoms with Crippen LogP contribution in [0.3, 0.4) is 0 Å². The smallest absolute Gasteiger partial charge is 0.325 e. The third-order valence-electron chi connectivity index (χ3n) is 3.12. The molecule has 2 aromatic rings. The summed E-state index contributed by atoms with van der Waals surface area (Å²) in [5, 5.41) is 5.17. The summed E-state index contributed by atoms with van der Waals surface area (Å²) in [5.41, 5.74) is 1.28. The molecule has 0 spiro atoms. The van der Waals surface area contributed by atoms with E-state index in [9.17, 15) is 14.4 Å². The second kappa shape index (κ2) is 8.26. The fraction of sp³-hybridized carbons (Fsp3) is 0.118. The summed E-state index contributed by atoms with van der Waals surface area (Å²) in [5.74, 6) is -1.27. The average molecular weight is 391 g/mol. The van der Waals surface area contributed by atoms with Gasteiger partial charge >= 0.3 is 5.97 Å².